The number of nitrogens with zero attached hydrogens (tertiary/aromatic N) is 2. The number of nitrogens with two attached hydrogens (primary N) is 1. The molecule has 1 aromatic rings. The van der Waals surface area contributed by atoms with Crippen LogP contribution < -0.4 is 16.4 Å². The predicted octanol–water partition coefficient (Wildman–Crippen LogP) is 1.63. The number of carbonyl (C=O) groups excluding carboxylic acids is 1. The zero-order valence-electron chi connectivity index (χ0n) is 15.5. The number of nitrogens with one attached hydrogen (secondary N) is 2. The van der Waals surface area contributed by atoms with Crippen LogP contribution in [0.5, 0.6) is 0 Å². The Morgan fingerprint density at radius 3 is 2.63 bits per heavy atom. The minimum absolute atomic E-state index is 0. The van der Waals surface area contributed by atoms with Gasteiger partial charge in [0.25, 0.3) is 0 Å². The Kier molecular flexibility index (Phi) is 10.5. The third kappa shape index (κ3) is 8.37. The maximum absolute atomic E-state index is 13.7. The van der Waals surface area contributed by atoms with Gasteiger partial charge in [-0.2, -0.15) is 0 Å². The van der Waals surface area contributed by atoms with Gasteiger partial charge in [-0.1, -0.05) is 6.07 Å². The fraction of sp³-hybridized carbons (Fsp3) is 0.556. The first kappa shape index (κ1) is 23.5. The zero-order valence-corrected chi connectivity index (χ0v) is 17.8. The Morgan fingerprint density at radius 2 is 2.04 bits per heavy atom. The lowest BCUT2D eigenvalue weighted by atomic mass is 10.1. The van der Waals surface area contributed by atoms with Gasteiger partial charge in [0.05, 0.1) is 6.54 Å². The number of hydrogen-bond donors (Lipinski definition) is 3. The van der Waals surface area contributed by atoms with Gasteiger partial charge >= 0.3 is 0 Å². The summed E-state index contributed by atoms with van der Waals surface area (Å²) in [5, 5.41) is 6.56. The highest BCUT2D eigenvalue weighted by Crippen LogP contribution is 2.11. The highest BCUT2D eigenvalue weighted by Gasteiger charge is 2.20. The molecular weight excluding hydrogens is 467 g/mol. The summed E-state index contributed by atoms with van der Waals surface area (Å²) >= 11 is 0. The van der Waals surface area contributed by atoms with E-state index in [9.17, 15) is 13.6 Å². The highest BCUT2D eigenvalue weighted by molar-refractivity contribution is 14.0. The number of halogens is 3. The number of primary amides is 1. The third-order valence-electron chi connectivity index (χ3n) is 4.32. The summed E-state index contributed by atoms with van der Waals surface area (Å²) in [5.74, 6) is -0.741. The lowest BCUT2D eigenvalue weighted by Crippen LogP contribution is -2.49. The van der Waals surface area contributed by atoms with Gasteiger partial charge in [-0.05, 0) is 37.8 Å². The first-order valence-corrected chi connectivity index (χ1v) is 8.97. The van der Waals surface area contributed by atoms with E-state index in [4.69, 9.17) is 5.73 Å². The van der Waals surface area contributed by atoms with Gasteiger partial charge < -0.3 is 16.4 Å². The number of likely N-dealkylation sites (tertiary alicyclic amines) is 1. The van der Waals surface area contributed by atoms with Crippen molar-refractivity contribution in [2.75, 3.05) is 32.7 Å². The minimum atomic E-state index is -0.576. The number of guanidine groups is 1. The maximum atomic E-state index is 13.7. The molecule has 0 spiro atoms. The van der Waals surface area contributed by atoms with Crippen LogP contribution in [0, 0.1) is 11.6 Å². The second-order valence-corrected chi connectivity index (χ2v) is 6.41. The lowest BCUT2D eigenvalue weighted by Gasteiger charge is -2.32. The standard InChI is InChI=1S/C18H27F2N5O.HI/c1-2-22-18(23-8-5-13-3-4-14(19)11-16(13)20)24-15-6-9-25(10-7-15)12-17(21)26;/h3-4,11,15H,2,5-10,12H2,1H3,(H2,21,26)(H2,22,23,24);1H. The van der Waals surface area contributed by atoms with Crippen LogP contribution in [-0.2, 0) is 11.2 Å². The molecule has 27 heavy (non-hydrogen) atoms. The van der Waals surface area contributed by atoms with Crippen molar-refractivity contribution >= 4 is 35.8 Å². The summed E-state index contributed by atoms with van der Waals surface area (Å²) in [6.07, 6.45) is 2.19. The molecule has 0 radical (unpaired) electrons. The number of rotatable bonds is 7. The Balaban J connectivity index is 0.00000364. The van der Waals surface area contributed by atoms with Crippen molar-refractivity contribution < 1.29 is 13.6 Å². The Hall–Kier alpha value is -1.49. The van der Waals surface area contributed by atoms with Crippen molar-refractivity contribution in [3.05, 3.63) is 35.4 Å². The van der Waals surface area contributed by atoms with Crippen molar-refractivity contribution in [3.63, 3.8) is 0 Å². The van der Waals surface area contributed by atoms with E-state index in [0.717, 1.165) is 38.5 Å². The average Bonchev–Trinajstić information content (AvgIpc) is 2.58. The highest BCUT2D eigenvalue weighted by atomic mass is 127. The number of hydrogen-bond acceptors (Lipinski definition) is 3. The molecule has 0 atom stereocenters. The molecule has 6 nitrogen and oxygen atoms in total. The molecule has 1 aromatic carbocycles. The molecule has 0 aliphatic carbocycles. The quantitative estimate of drug-likeness (QED) is 0.305. The molecule has 1 fully saturated rings. The van der Waals surface area contributed by atoms with Gasteiger partial charge in [-0.25, -0.2) is 8.78 Å². The van der Waals surface area contributed by atoms with Crippen LogP contribution in [-0.4, -0.2) is 55.5 Å². The first-order valence-electron chi connectivity index (χ1n) is 8.97. The zero-order chi connectivity index (χ0) is 18.9. The van der Waals surface area contributed by atoms with Crippen LogP contribution >= 0.6 is 24.0 Å². The Bertz CT molecular complexity index is 636. The van der Waals surface area contributed by atoms with Gasteiger partial charge in [0.15, 0.2) is 5.96 Å². The van der Waals surface area contributed by atoms with Crippen LogP contribution in [0.4, 0.5) is 8.78 Å². The second-order valence-electron chi connectivity index (χ2n) is 6.41. The van der Waals surface area contributed by atoms with Crippen molar-refractivity contribution in [2.45, 2.75) is 32.2 Å². The summed E-state index contributed by atoms with van der Waals surface area (Å²) in [6, 6.07) is 3.86. The molecule has 152 valence electrons. The van der Waals surface area contributed by atoms with E-state index >= 15 is 0 Å². The molecule has 1 aliphatic rings. The van der Waals surface area contributed by atoms with Crippen LogP contribution in [0.3, 0.4) is 0 Å². The SMILES string of the molecule is CCNC(=NCCc1ccc(F)cc1F)NC1CCN(CC(N)=O)CC1.I. The van der Waals surface area contributed by atoms with Crippen molar-refractivity contribution in [2.24, 2.45) is 10.7 Å². The lowest BCUT2D eigenvalue weighted by molar-refractivity contribution is -0.119. The van der Waals surface area contributed by atoms with E-state index in [1.807, 2.05) is 11.8 Å². The molecule has 1 heterocycles. The molecular formula is C18H28F2IN5O. The molecule has 1 saturated heterocycles. The summed E-state index contributed by atoms with van der Waals surface area (Å²) in [4.78, 5) is 17.5. The van der Waals surface area contributed by atoms with Gasteiger partial charge in [-0.3, -0.25) is 14.7 Å². The van der Waals surface area contributed by atoms with Crippen molar-refractivity contribution in [1.82, 2.24) is 15.5 Å². The Labute approximate surface area is 176 Å². The topological polar surface area (TPSA) is 82.8 Å². The van der Waals surface area contributed by atoms with E-state index < -0.39 is 11.6 Å². The van der Waals surface area contributed by atoms with Gasteiger partial charge in [0, 0.05) is 38.3 Å². The van der Waals surface area contributed by atoms with E-state index in [2.05, 4.69) is 15.6 Å². The largest absolute Gasteiger partial charge is 0.369 e. The van der Waals surface area contributed by atoms with Gasteiger partial charge in [0.2, 0.25) is 5.91 Å². The number of amides is 1. The van der Waals surface area contributed by atoms with Crippen LogP contribution in [0.2, 0.25) is 0 Å². The smallest absolute Gasteiger partial charge is 0.231 e. The molecule has 0 unspecified atom stereocenters. The molecule has 9 heteroatoms. The summed E-state index contributed by atoms with van der Waals surface area (Å²) in [6.45, 7) is 5.01. The van der Waals surface area contributed by atoms with Crippen LogP contribution in [0.15, 0.2) is 23.2 Å². The van der Waals surface area contributed by atoms with Crippen molar-refractivity contribution in [3.8, 4) is 0 Å². The number of benzene rings is 1. The van der Waals surface area contributed by atoms with Gasteiger partial charge in [0.1, 0.15) is 11.6 Å². The molecule has 0 bridgehead atoms. The van der Waals surface area contributed by atoms with E-state index in [1.54, 1.807) is 0 Å². The van der Waals surface area contributed by atoms with E-state index in [1.165, 1.54) is 12.1 Å². The van der Waals surface area contributed by atoms with Crippen LogP contribution in [0.25, 0.3) is 0 Å². The number of piperidine rings is 1. The number of aliphatic imine (C=N–C) groups is 1. The fourth-order valence-electron chi connectivity index (χ4n) is 2.98. The molecule has 1 amide bonds. The predicted molar refractivity (Wildman–Crippen MR) is 113 cm³/mol. The molecule has 1 aliphatic heterocycles. The maximum Gasteiger partial charge on any atom is 0.231 e. The molecule has 4 N–H and O–H groups in total. The van der Waals surface area contributed by atoms with E-state index in [0.29, 0.717) is 31.0 Å². The average molecular weight is 495 g/mol. The second kappa shape index (κ2) is 12.1. The third-order valence-corrected chi connectivity index (χ3v) is 4.32. The Morgan fingerprint density at radius 1 is 1.33 bits per heavy atom. The monoisotopic (exact) mass is 495 g/mol. The van der Waals surface area contributed by atoms with Crippen molar-refractivity contribution in [1.29, 1.82) is 0 Å². The number of carbonyl (C=O) groups is 1. The normalized spacial score (nSPS) is 15.9. The summed E-state index contributed by atoms with van der Waals surface area (Å²) < 4.78 is 26.6. The summed E-state index contributed by atoms with van der Waals surface area (Å²) in [5.41, 5.74) is 5.68. The van der Waals surface area contributed by atoms with Crippen LogP contribution in [0.1, 0.15) is 25.3 Å². The first-order chi connectivity index (χ1) is 12.5. The molecule has 0 aromatic heterocycles. The fourth-order valence-corrected chi connectivity index (χ4v) is 2.98. The minimum Gasteiger partial charge on any atom is -0.369 e. The van der Waals surface area contributed by atoms with Gasteiger partial charge in [-0.15, -0.1) is 24.0 Å². The molecule has 2 rings (SSSR count). The van der Waals surface area contributed by atoms with E-state index in [-0.39, 0.29) is 35.9 Å². The summed E-state index contributed by atoms with van der Waals surface area (Å²) in [7, 11) is 0. The molecule has 0 saturated carbocycles.